The van der Waals surface area contributed by atoms with Gasteiger partial charge in [0, 0.05) is 12.1 Å². The molecule has 0 aliphatic heterocycles. The Morgan fingerprint density at radius 1 is 1.25 bits per heavy atom. The summed E-state index contributed by atoms with van der Waals surface area (Å²) in [7, 11) is 0. The number of hydrogen-bond acceptors (Lipinski definition) is 3. The first kappa shape index (κ1) is 14.3. The third kappa shape index (κ3) is 3.47. The first-order chi connectivity index (χ1) is 9.58. The number of benzene rings is 1. The number of hydrogen-bond donors (Lipinski definition) is 1. The topological polar surface area (TPSA) is 55.1 Å². The highest BCUT2D eigenvalue weighted by atomic mass is 16.5. The standard InChI is InChI=1S/C16H20N2O2/c1-11-6-4-5-7-14(11)8-9-17-16(19)10-15-12(2)18-20-13(15)3/h4-7H,8-10H2,1-3H3,(H,17,19). The molecule has 0 unspecified atom stereocenters. The maximum Gasteiger partial charge on any atom is 0.224 e. The first-order valence-corrected chi connectivity index (χ1v) is 6.81. The molecule has 2 rings (SSSR count). The van der Waals surface area contributed by atoms with E-state index in [1.807, 2.05) is 26.0 Å². The summed E-state index contributed by atoms with van der Waals surface area (Å²) in [6, 6.07) is 8.22. The number of carbonyl (C=O) groups excluding carboxylic acids is 1. The lowest BCUT2D eigenvalue weighted by Crippen LogP contribution is -2.27. The average Bonchev–Trinajstić information content (AvgIpc) is 2.73. The Balaban J connectivity index is 1.83. The lowest BCUT2D eigenvalue weighted by atomic mass is 10.1. The van der Waals surface area contributed by atoms with Crippen molar-refractivity contribution in [3.8, 4) is 0 Å². The summed E-state index contributed by atoms with van der Waals surface area (Å²) in [6.45, 7) is 6.41. The van der Waals surface area contributed by atoms with Gasteiger partial charge in [-0.3, -0.25) is 4.79 Å². The fourth-order valence-corrected chi connectivity index (χ4v) is 2.20. The van der Waals surface area contributed by atoms with Gasteiger partial charge >= 0.3 is 0 Å². The summed E-state index contributed by atoms with van der Waals surface area (Å²) in [5.74, 6) is 0.726. The van der Waals surface area contributed by atoms with Crippen molar-refractivity contribution in [2.45, 2.75) is 33.6 Å². The van der Waals surface area contributed by atoms with Crippen molar-refractivity contribution in [3.05, 3.63) is 52.4 Å². The Kier molecular flexibility index (Phi) is 4.56. The predicted molar refractivity (Wildman–Crippen MR) is 77.6 cm³/mol. The molecular formula is C16H20N2O2. The second-order valence-electron chi connectivity index (χ2n) is 5.01. The Bertz CT molecular complexity index is 583. The summed E-state index contributed by atoms with van der Waals surface area (Å²) in [5, 5.41) is 6.80. The molecule has 20 heavy (non-hydrogen) atoms. The molecule has 0 aliphatic rings. The van der Waals surface area contributed by atoms with E-state index in [2.05, 4.69) is 29.5 Å². The molecule has 4 heteroatoms. The summed E-state index contributed by atoms with van der Waals surface area (Å²) in [4.78, 5) is 11.9. The molecule has 1 amide bonds. The molecule has 1 aromatic carbocycles. The highest BCUT2D eigenvalue weighted by Crippen LogP contribution is 2.12. The van der Waals surface area contributed by atoms with E-state index in [1.165, 1.54) is 11.1 Å². The molecule has 1 aromatic heterocycles. The molecular weight excluding hydrogens is 252 g/mol. The number of nitrogens with one attached hydrogen (secondary N) is 1. The second kappa shape index (κ2) is 6.37. The van der Waals surface area contributed by atoms with Gasteiger partial charge < -0.3 is 9.84 Å². The molecule has 0 radical (unpaired) electrons. The van der Waals surface area contributed by atoms with Crippen LogP contribution in [0.15, 0.2) is 28.8 Å². The predicted octanol–water partition coefficient (Wildman–Crippen LogP) is 2.50. The fraction of sp³-hybridized carbons (Fsp3) is 0.375. The number of carbonyl (C=O) groups is 1. The van der Waals surface area contributed by atoms with Crippen molar-refractivity contribution >= 4 is 5.91 Å². The van der Waals surface area contributed by atoms with Crippen LogP contribution in [0, 0.1) is 20.8 Å². The van der Waals surface area contributed by atoms with Crippen LogP contribution in [0.25, 0.3) is 0 Å². The average molecular weight is 272 g/mol. The van der Waals surface area contributed by atoms with Crippen molar-refractivity contribution < 1.29 is 9.32 Å². The van der Waals surface area contributed by atoms with E-state index in [1.54, 1.807) is 0 Å². The first-order valence-electron chi connectivity index (χ1n) is 6.81. The third-order valence-electron chi connectivity index (χ3n) is 3.50. The van der Waals surface area contributed by atoms with Crippen molar-refractivity contribution in [3.63, 3.8) is 0 Å². The van der Waals surface area contributed by atoms with Crippen molar-refractivity contribution in [2.75, 3.05) is 6.54 Å². The van der Waals surface area contributed by atoms with E-state index in [0.29, 0.717) is 13.0 Å². The Labute approximate surface area is 119 Å². The number of rotatable bonds is 5. The van der Waals surface area contributed by atoms with E-state index >= 15 is 0 Å². The smallest absolute Gasteiger partial charge is 0.224 e. The van der Waals surface area contributed by atoms with Gasteiger partial charge in [-0.15, -0.1) is 0 Å². The molecule has 0 saturated carbocycles. The molecule has 2 aromatic rings. The Morgan fingerprint density at radius 3 is 2.65 bits per heavy atom. The van der Waals surface area contributed by atoms with Crippen LogP contribution >= 0.6 is 0 Å². The monoisotopic (exact) mass is 272 g/mol. The largest absolute Gasteiger partial charge is 0.361 e. The number of amides is 1. The van der Waals surface area contributed by atoms with Crippen LogP contribution in [-0.4, -0.2) is 17.6 Å². The SMILES string of the molecule is Cc1ccccc1CCNC(=O)Cc1c(C)noc1C. The van der Waals surface area contributed by atoms with E-state index < -0.39 is 0 Å². The van der Waals surface area contributed by atoms with Gasteiger partial charge in [-0.1, -0.05) is 29.4 Å². The second-order valence-corrected chi connectivity index (χ2v) is 5.01. The quantitative estimate of drug-likeness (QED) is 0.910. The van der Waals surface area contributed by atoms with Crippen LogP contribution in [0.5, 0.6) is 0 Å². The van der Waals surface area contributed by atoms with Crippen molar-refractivity contribution in [2.24, 2.45) is 0 Å². The molecule has 1 heterocycles. The van der Waals surface area contributed by atoms with Crippen LogP contribution in [0.3, 0.4) is 0 Å². The molecule has 0 atom stereocenters. The van der Waals surface area contributed by atoms with Gasteiger partial charge in [0.15, 0.2) is 0 Å². The van der Waals surface area contributed by atoms with Crippen molar-refractivity contribution in [1.82, 2.24) is 10.5 Å². The van der Waals surface area contributed by atoms with Gasteiger partial charge in [-0.05, 0) is 38.3 Å². The minimum absolute atomic E-state index is 0.00739. The summed E-state index contributed by atoms with van der Waals surface area (Å²) >= 11 is 0. The maximum absolute atomic E-state index is 11.9. The van der Waals surface area contributed by atoms with Crippen molar-refractivity contribution in [1.29, 1.82) is 0 Å². The molecule has 1 N–H and O–H groups in total. The van der Waals surface area contributed by atoms with Crippen LogP contribution in [-0.2, 0) is 17.6 Å². The van der Waals surface area contributed by atoms with Gasteiger partial charge in [0.2, 0.25) is 5.91 Å². The normalized spacial score (nSPS) is 10.6. The lowest BCUT2D eigenvalue weighted by molar-refractivity contribution is -0.120. The molecule has 0 saturated heterocycles. The summed E-state index contributed by atoms with van der Waals surface area (Å²) in [5.41, 5.74) is 4.20. The molecule has 0 spiro atoms. The third-order valence-corrected chi connectivity index (χ3v) is 3.50. The number of aromatic nitrogens is 1. The van der Waals surface area contributed by atoms with Gasteiger partial charge in [0.1, 0.15) is 5.76 Å². The van der Waals surface area contributed by atoms with E-state index in [-0.39, 0.29) is 5.91 Å². The maximum atomic E-state index is 11.9. The molecule has 0 bridgehead atoms. The minimum Gasteiger partial charge on any atom is -0.361 e. The number of aryl methyl sites for hydroxylation is 3. The molecule has 106 valence electrons. The molecule has 0 fully saturated rings. The van der Waals surface area contributed by atoms with E-state index in [0.717, 1.165) is 23.4 Å². The van der Waals surface area contributed by atoms with Crippen LogP contribution in [0.1, 0.15) is 28.1 Å². The lowest BCUT2D eigenvalue weighted by Gasteiger charge is -2.07. The van der Waals surface area contributed by atoms with Crippen LogP contribution in [0.2, 0.25) is 0 Å². The zero-order valence-electron chi connectivity index (χ0n) is 12.2. The summed E-state index contributed by atoms with van der Waals surface area (Å²) in [6.07, 6.45) is 1.18. The highest BCUT2D eigenvalue weighted by molar-refractivity contribution is 5.79. The fourth-order valence-electron chi connectivity index (χ4n) is 2.20. The zero-order valence-corrected chi connectivity index (χ0v) is 12.2. The minimum atomic E-state index is 0.00739. The molecule has 0 aliphatic carbocycles. The van der Waals surface area contributed by atoms with Gasteiger partial charge in [-0.2, -0.15) is 0 Å². The zero-order chi connectivity index (χ0) is 14.5. The van der Waals surface area contributed by atoms with Gasteiger partial charge in [0.25, 0.3) is 0 Å². The van der Waals surface area contributed by atoms with E-state index in [4.69, 9.17) is 4.52 Å². The van der Waals surface area contributed by atoms with Gasteiger partial charge in [-0.25, -0.2) is 0 Å². The van der Waals surface area contributed by atoms with E-state index in [9.17, 15) is 4.79 Å². The highest BCUT2D eigenvalue weighted by Gasteiger charge is 2.12. The number of nitrogens with zero attached hydrogens (tertiary/aromatic N) is 1. The van der Waals surface area contributed by atoms with Gasteiger partial charge in [0.05, 0.1) is 12.1 Å². The van der Waals surface area contributed by atoms with Crippen LogP contribution in [0.4, 0.5) is 0 Å². The summed E-state index contributed by atoms with van der Waals surface area (Å²) < 4.78 is 5.06. The van der Waals surface area contributed by atoms with Crippen LogP contribution < -0.4 is 5.32 Å². The molecule has 4 nitrogen and oxygen atoms in total. The Morgan fingerprint density at radius 2 is 2.00 bits per heavy atom. The Hall–Kier alpha value is -2.10.